The third kappa shape index (κ3) is 5.05. The van der Waals surface area contributed by atoms with Gasteiger partial charge in [0.2, 0.25) is 5.91 Å². The summed E-state index contributed by atoms with van der Waals surface area (Å²) in [7, 11) is 0. The monoisotopic (exact) mass is 501 g/mol. The molecule has 1 fully saturated rings. The van der Waals surface area contributed by atoms with Gasteiger partial charge >= 0.3 is 6.01 Å². The fourth-order valence-corrected chi connectivity index (χ4v) is 5.32. The minimum Gasteiger partial charge on any atom is -0.508 e. The number of carbonyl (C=O) groups excluding carboxylic acids is 1. The number of amides is 1. The van der Waals surface area contributed by atoms with Gasteiger partial charge in [-0.05, 0) is 36.8 Å². The maximum Gasteiger partial charge on any atom is 0.318 e. The minimum absolute atomic E-state index is 0.0314. The Labute approximate surface area is 218 Å². The molecule has 5 rings (SSSR count). The second kappa shape index (κ2) is 10.7. The van der Waals surface area contributed by atoms with Crippen LogP contribution >= 0.6 is 0 Å². The molecule has 2 aliphatic rings. The summed E-state index contributed by atoms with van der Waals surface area (Å²) in [5.41, 5.74) is 3.09. The number of phenols is 1. The fraction of sp³-hybridized carbons (Fsp3) is 0.414. The molecule has 0 aliphatic carbocycles. The third-order valence-electron chi connectivity index (χ3n) is 7.44. The van der Waals surface area contributed by atoms with Gasteiger partial charge in [0.05, 0.1) is 12.2 Å². The quantitative estimate of drug-likeness (QED) is 0.484. The van der Waals surface area contributed by atoms with Crippen molar-refractivity contribution < 1.29 is 14.6 Å². The molecule has 8 nitrogen and oxygen atoms in total. The van der Waals surface area contributed by atoms with Crippen LogP contribution in [0.4, 0.5) is 11.5 Å². The smallest absolute Gasteiger partial charge is 0.318 e. The maximum absolute atomic E-state index is 12.1. The van der Waals surface area contributed by atoms with Crippen molar-refractivity contribution in [1.29, 1.82) is 0 Å². The van der Waals surface area contributed by atoms with Gasteiger partial charge in [-0.2, -0.15) is 9.97 Å². The number of anilines is 2. The van der Waals surface area contributed by atoms with Crippen molar-refractivity contribution >= 4 is 28.2 Å². The van der Waals surface area contributed by atoms with Gasteiger partial charge in [0.1, 0.15) is 17.7 Å². The first kappa shape index (κ1) is 24.9. The Hall–Kier alpha value is -3.81. The van der Waals surface area contributed by atoms with Gasteiger partial charge in [0.25, 0.3) is 0 Å². The van der Waals surface area contributed by atoms with E-state index in [1.807, 2.05) is 29.2 Å². The van der Waals surface area contributed by atoms with Crippen molar-refractivity contribution in [1.82, 2.24) is 14.9 Å². The van der Waals surface area contributed by atoms with E-state index in [9.17, 15) is 9.90 Å². The molecule has 3 heterocycles. The summed E-state index contributed by atoms with van der Waals surface area (Å²) in [6.45, 7) is 11.9. The van der Waals surface area contributed by atoms with Gasteiger partial charge in [-0.3, -0.25) is 4.79 Å². The predicted molar refractivity (Wildman–Crippen MR) is 146 cm³/mol. The topological polar surface area (TPSA) is 82.0 Å². The Bertz CT molecular complexity index is 1300. The molecule has 1 saturated heterocycles. The molecule has 0 radical (unpaired) electrons. The number of hydrogen-bond acceptors (Lipinski definition) is 7. The first-order chi connectivity index (χ1) is 18.0. The van der Waals surface area contributed by atoms with Gasteiger partial charge in [-0.1, -0.05) is 44.7 Å². The number of ether oxygens (including phenoxy) is 1. The second-order valence-electron chi connectivity index (χ2n) is 9.69. The molecule has 1 amide bonds. The third-order valence-corrected chi connectivity index (χ3v) is 7.44. The van der Waals surface area contributed by atoms with Gasteiger partial charge in [-0.25, -0.2) is 0 Å². The van der Waals surface area contributed by atoms with E-state index in [0.717, 1.165) is 59.3 Å². The van der Waals surface area contributed by atoms with Crippen LogP contribution in [0.15, 0.2) is 49.1 Å². The molecule has 2 aliphatic heterocycles. The summed E-state index contributed by atoms with van der Waals surface area (Å²) in [4.78, 5) is 28.3. The summed E-state index contributed by atoms with van der Waals surface area (Å²) in [6, 6.07) is 12.2. The molecule has 1 aromatic heterocycles. The first-order valence-electron chi connectivity index (χ1n) is 13.2. The lowest BCUT2D eigenvalue weighted by Crippen LogP contribution is -2.49. The van der Waals surface area contributed by atoms with Crippen LogP contribution in [0.2, 0.25) is 0 Å². The molecular formula is C29H35N5O3. The van der Waals surface area contributed by atoms with Crippen LogP contribution in [0.5, 0.6) is 11.8 Å². The van der Waals surface area contributed by atoms with E-state index >= 15 is 0 Å². The Morgan fingerprint density at radius 1 is 1.08 bits per heavy atom. The Morgan fingerprint density at radius 2 is 1.84 bits per heavy atom. The number of hydrogen-bond donors (Lipinski definition) is 1. The van der Waals surface area contributed by atoms with E-state index in [1.54, 1.807) is 6.07 Å². The van der Waals surface area contributed by atoms with Crippen molar-refractivity contribution in [2.45, 2.75) is 45.8 Å². The van der Waals surface area contributed by atoms with E-state index in [-0.39, 0.29) is 17.8 Å². The van der Waals surface area contributed by atoms with Crippen LogP contribution < -0.4 is 14.5 Å². The van der Waals surface area contributed by atoms with Crippen molar-refractivity contribution in [3.63, 3.8) is 0 Å². The maximum atomic E-state index is 12.1. The lowest BCUT2D eigenvalue weighted by atomic mass is 10.0. The number of nitrogens with zero attached hydrogens (tertiary/aromatic N) is 5. The summed E-state index contributed by atoms with van der Waals surface area (Å²) in [5.74, 6) is 1.14. The highest BCUT2D eigenvalue weighted by molar-refractivity contribution is 5.95. The van der Waals surface area contributed by atoms with Crippen LogP contribution in [0, 0.1) is 0 Å². The molecule has 194 valence electrons. The number of rotatable bonds is 7. The number of aromatic nitrogens is 2. The van der Waals surface area contributed by atoms with Gasteiger partial charge in [0.15, 0.2) is 0 Å². The first-order valence-corrected chi connectivity index (χ1v) is 13.2. The standard InChI is InChI=1S/C29H35N5O3/c1-4-22(5-2)37-29-30-25-19-34(26-18-21(35)17-20-9-7-8-10-23(20)26)12-11-24(25)28(31-29)33-15-13-32(14-16-33)27(36)6-3/h6-10,17-18,22,35H,3-5,11-16,19H2,1-2H3. The molecule has 0 unspecified atom stereocenters. The lowest BCUT2D eigenvalue weighted by molar-refractivity contribution is -0.126. The Balaban J connectivity index is 1.49. The highest BCUT2D eigenvalue weighted by atomic mass is 16.5. The molecule has 0 saturated carbocycles. The predicted octanol–water partition coefficient (Wildman–Crippen LogP) is 4.30. The summed E-state index contributed by atoms with van der Waals surface area (Å²) in [6.07, 6.45) is 3.99. The van der Waals surface area contributed by atoms with E-state index < -0.39 is 0 Å². The fourth-order valence-electron chi connectivity index (χ4n) is 5.32. The average molecular weight is 502 g/mol. The highest BCUT2D eigenvalue weighted by Gasteiger charge is 2.29. The molecule has 0 bridgehead atoms. The zero-order valence-electron chi connectivity index (χ0n) is 21.7. The Kier molecular flexibility index (Phi) is 7.17. The molecule has 0 spiro atoms. The number of fused-ring (bicyclic) bond motifs is 2. The number of benzene rings is 2. The van der Waals surface area contributed by atoms with Gasteiger partial charge in [0, 0.05) is 55.4 Å². The summed E-state index contributed by atoms with van der Waals surface area (Å²) >= 11 is 0. The van der Waals surface area contributed by atoms with Crippen LogP contribution in [0.1, 0.15) is 37.9 Å². The minimum atomic E-state index is -0.0314. The van der Waals surface area contributed by atoms with Crippen molar-refractivity contribution in [3.05, 3.63) is 60.3 Å². The van der Waals surface area contributed by atoms with E-state index in [0.29, 0.717) is 38.7 Å². The SMILES string of the molecule is C=CC(=O)N1CCN(c2nc(OC(CC)CC)nc3c2CCN(c2cc(O)cc4ccccc24)C3)CC1. The lowest BCUT2D eigenvalue weighted by Gasteiger charge is -2.38. The second-order valence-corrected chi connectivity index (χ2v) is 9.69. The van der Waals surface area contributed by atoms with Gasteiger partial charge < -0.3 is 24.5 Å². The van der Waals surface area contributed by atoms with Crippen LogP contribution in [-0.2, 0) is 17.8 Å². The molecule has 0 atom stereocenters. The largest absolute Gasteiger partial charge is 0.508 e. The zero-order chi connectivity index (χ0) is 25.9. The molecule has 1 N–H and O–H groups in total. The van der Waals surface area contributed by atoms with Gasteiger partial charge in [-0.15, -0.1) is 0 Å². The van der Waals surface area contributed by atoms with Crippen LogP contribution in [-0.4, -0.2) is 64.7 Å². The number of carbonyl (C=O) groups is 1. The highest BCUT2D eigenvalue weighted by Crippen LogP contribution is 2.36. The van der Waals surface area contributed by atoms with E-state index in [2.05, 4.69) is 36.3 Å². The van der Waals surface area contributed by atoms with Crippen molar-refractivity contribution in [2.24, 2.45) is 0 Å². The molecule has 37 heavy (non-hydrogen) atoms. The number of phenolic OH excluding ortho intramolecular Hbond substituents is 1. The zero-order valence-corrected chi connectivity index (χ0v) is 21.7. The molecule has 3 aromatic rings. The Morgan fingerprint density at radius 3 is 2.57 bits per heavy atom. The molecular weight excluding hydrogens is 466 g/mol. The summed E-state index contributed by atoms with van der Waals surface area (Å²) < 4.78 is 6.23. The van der Waals surface area contributed by atoms with E-state index in [4.69, 9.17) is 14.7 Å². The molecule has 2 aromatic carbocycles. The van der Waals surface area contributed by atoms with Crippen LogP contribution in [0.25, 0.3) is 10.8 Å². The number of piperazine rings is 1. The van der Waals surface area contributed by atoms with E-state index in [1.165, 1.54) is 6.08 Å². The summed E-state index contributed by atoms with van der Waals surface area (Å²) in [5, 5.41) is 12.5. The molecule has 8 heteroatoms. The van der Waals surface area contributed by atoms with Crippen molar-refractivity contribution in [2.75, 3.05) is 42.5 Å². The normalized spacial score (nSPS) is 15.7. The van der Waals surface area contributed by atoms with Crippen LogP contribution in [0.3, 0.4) is 0 Å². The number of aromatic hydroxyl groups is 1. The average Bonchev–Trinajstić information content (AvgIpc) is 2.94. The van der Waals surface area contributed by atoms with Crippen molar-refractivity contribution in [3.8, 4) is 11.8 Å².